The first kappa shape index (κ1) is 14.4. The van der Waals surface area contributed by atoms with Crippen molar-refractivity contribution in [1.29, 1.82) is 0 Å². The quantitative estimate of drug-likeness (QED) is 0.592. The Balaban J connectivity index is 3.00. The van der Waals surface area contributed by atoms with Gasteiger partial charge in [0.2, 0.25) is 0 Å². The summed E-state index contributed by atoms with van der Waals surface area (Å²) >= 11 is 0. The highest BCUT2D eigenvalue weighted by molar-refractivity contribution is 5.92. The third-order valence-corrected chi connectivity index (χ3v) is 3.22. The normalized spacial score (nSPS) is 29.6. The van der Waals surface area contributed by atoms with Gasteiger partial charge in [-0.3, -0.25) is 4.79 Å². The molecule has 0 aromatic rings. The number of rotatable bonds is 3. The summed E-state index contributed by atoms with van der Waals surface area (Å²) in [5.41, 5.74) is -0.0555. The largest absolute Gasteiger partial charge is 0.478 e. The van der Waals surface area contributed by atoms with Crippen LogP contribution in [0.5, 0.6) is 0 Å². The van der Waals surface area contributed by atoms with Gasteiger partial charge < -0.3 is 10.2 Å². The van der Waals surface area contributed by atoms with E-state index in [2.05, 4.69) is 0 Å². The minimum Gasteiger partial charge on any atom is -0.478 e. The summed E-state index contributed by atoms with van der Waals surface area (Å²) in [6, 6.07) is 0. The highest BCUT2D eigenvalue weighted by atomic mass is 16.4. The number of aliphatic carboxylic acids is 1. The minimum atomic E-state index is -1.18. The second kappa shape index (κ2) is 5.31. The van der Waals surface area contributed by atoms with Crippen LogP contribution in [-0.4, -0.2) is 27.6 Å². The molecule has 4 heteroatoms. The molecule has 4 nitrogen and oxygen atoms in total. The lowest BCUT2D eigenvalue weighted by molar-refractivity contribution is -0.131. The topological polar surface area (TPSA) is 74.6 Å². The number of carboxylic acid groups (broad SMARTS) is 1. The third-order valence-electron chi connectivity index (χ3n) is 3.22. The number of carboxylic acids is 1. The molecule has 1 aliphatic carbocycles. The van der Waals surface area contributed by atoms with Crippen LogP contribution in [-0.2, 0) is 9.59 Å². The number of aliphatic hydroxyl groups is 1. The Kier molecular flexibility index (Phi) is 4.24. The van der Waals surface area contributed by atoms with Crippen LogP contribution in [0.15, 0.2) is 35.5 Å². The van der Waals surface area contributed by atoms with Crippen LogP contribution < -0.4 is 0 Å². The van der Waals surface area contributed by atoms with Crippen LogP contribution in [0.3, 0.4) is 0 Å². The maximum atomic E-state index is 11.4. The predicted octanol–water partition coefficient (Wildman–Crippen LogP) is 1.86. The van der Waals surface area contributed by atoms with E-state index in [0.717, 1.165) is 6.08 Å². The molecule has 1 unspecified atom stereocenters. The van der Waals surface area contributed by atoms with E-state index in [4.69, 9.17) is 5.11 Å². The van der Waals surface area contributed by atoms with Gasteiger partial charge in [-0.15, -0.1) is 0 Å². The van der Waals surface area contributed by atoms with Gasteiger partial charge in [-0.2, -0.15) is 0 Å². The molecule has 0 radical (unpaired) electrons. The van der Waals surface area contributed by atoms with Gasteiger partial charge >= 0.3 is 5.97 Å². The van der Waals surface area contributed by atoms with Crippen molar-refractivity contribution in [1.82, 2.24) is 0 Å². The summed E-state index contributed by atoms with van der Waals surface area (Å²) in [5.74, 6) is -1.23. The Morgan fingerprint density at radius 3 is 2.67 bits per heavy atom. The van der Waals surface area contributed by atoms with Crippen molar-refractivity contribution in [2.24, 2.45) is 5.92 Å². The molecule has 18 heavy (non-hydrogen) atoms. The van der Waals surface area contributed by atoms with Gasteiger partial charge in [0, 0.05) is 12.5 Å². The van der Waals surface area contributed by atoms with E-state index in [0.29, 0.717) is 17.6 Å². The monoisotopic (exact) mass is 250 g/mol. The van der Waals surface area contributed by atoms with E-state index >= 15 is 0 Å². The van der Waals surface area contributed by atoms with Gasteiger partial charge in [-0.1, -0.05) is 13.0 Å². The molecule has 0 saturated heterocycles. The van der Waals surface area contributed by atoms with Gasteiger partial charge in [0.15, 0.2) is 5.78 Å². The molecule has 0 saturated carbocycles. The maximum Gasteiger partial charge on any atom is 0.328 e. The zero-order chi connectivity index (χ0) is 13.9. The SMILES string of the molecule is CC1=CC(=O)CC(C)[C@@]1(O)/C=C/C(C)=C/C(=O)O. The van der Waals surface area contributed by atoms with Crippen molar-refractivity contribution in [2.45, 2.75) is 32.8 Å². The summed E-state index contributed by atoms with van der Waals surface area (Å²) in [6.07, 6.45) is 5.93. The van der Waals surface area contributed by atoms with Crippen LogP contribution in [0, 0.1) is 5.92 Å². The van der Waals surface area contributed by atoms with E-state index in [-0.39, 0.29) is 11.7 Å². The summed E-state index contributed by atoms with van der Waals surface area (Å²) in [7, 11) is 0. The second-order valence-electron chi connectivity index (χ2n) is 4.78. The maximum absolute atomic E-state index is 11.4. The van der Waals surface area contributed by atoms with E-state index in [9.17, 15) is 14.7 Å². The van der Waals surface area contributed by atoms with Crippen molar-refractivity contribution in [3.63, 3.8) is 0 Å². The molecule has 0 heterocycles. The van der Waals surface area contributed by atoms with Gasteiger partial charge in [0.05, 0.1) is 0 Å². The van der Waals surface area contributed by atoms with Crippen molar-refractivity contribution in [2.75, 3.05) is 0 Å². The molecule has 0 spiro atoms. The van der Waals surface area contributed by atoms with Crippen LogP contribution >= 0.6 is 0 Å². The number of ketones is 1. The van der Waals surface area contributed by atoms with Gasteiger partial charge in [0.25, 0.3) is 0 Å². The van der Waals surface area contributed by atoms with Crippen LogP contribution in [0.25, 0.3) is 0 Å². The lowest BCUT2D eigenvalue weighted by Crippen LogP contribution is -2.40. The fourth-order valence-corrected chi connectivity index (χ4v) is 2.06. The Bertz CT molecular complexity index is 456. The molecule has 0 aromatic heterocycles. The highest BCUT2D eigenvalue weighted by Gasteiger charge is 2.37. The molecule has 0 amide bonds. The summed E-state index contributed by atoms with van der Waals surface area (Å²) in [6.45, 7) is 5.15. The second-order valence-corrected chi connectivity index (χ2v) is 4.78. The molecule has 1 rings (SSSR count). The predicted molar refractivity (Wildman–Crippen MR) is 68.0 cm³/mol. The Labute approximate surface area is 106 Å². The molecule has 0 aliphatic heterocycles. The van der Waals surface area contributed by atoms with Crippen molar-refractivity contribution >= 4 is 11.8 Å². The summed E-state index contributed by atoms with van der Waals surface area (Å²) in [5, 5.41) is 19.1. The molecule has 2 N–H and O–H groups in total. The van der Waals surface area contributed by atoms with Crippen LogP contribution in [0.2, 0.25) is 0 Å². The molecule has 1 aliphatic rings. The third kappa shape index (κ3) is 3.17. The van der Waals surface area contributed by atoms with Gasteiger partial charge in [-0.05, 0) is 43.1 Å². The standard InChI is InChI=1S/C14H18O4/c1-9(6-13(16)17)4-5-14(18)10(2)7-12(15)8-11(14)3/h4-7,11,18H,8H2,1-3H3,(H,16,17)/b5-4+,9-6+/t11?,14-/m1/s1. The van der Waals surface area contributed by atoms with E-state index in [1.165, 1.54) is 6.08 Å². The molecule has 0 bridgehead atoms. The fourth-order valence-electron chi connectivity index (χ4n) is 2.06. The summed E-state index contributed by atoms with van der Waals surface area (Å²) < 4.78 is 0. The first-order chi connectivity index (χ1) is 8.25. The molecule has 0 aromatic carbocycles. The molecular weight excluding hydrogens is 232 g/mol. The Morgan fingerprint density at radius 1 is 1.56 bits per heavy atom. The number of carbonyl (C=O) groups is 2. The first-order valence-electron chi connectivity index (χ1n) is 5.80. The number of allylic oxidation sites excluding steroid dienone is 3. The van der Waals surface area contributed by atoms with Crippen molar-refractivity contribution in [3.8, 4) is 0 Å². The average Bonchev–Trinajstić information content (AvgIpc) is 2.22. The number of carbonyl (C=O) groups excluding carboxylic acids is 1. The highest BCUT2D eigenvalue weighted by Crippen LogP contribution is 2.34. The van der Waals surface area contributed by atoms with Crippen molar-refractivity contribution in [3.05, 3.63) is 35.5 Å². The van der Waals surface area contributed by atoms with E-state index in [1.807, 2.05) is 0 Å². The van der Waals surface area contributed by atoms with Crippen LogP contribution in [0.4, 0.5) is 0 Å². The molecular formula is C14H18O4. The number of hydrogen-bond acceptors (Lipinski definition) is 3. The van der Waals surface area contributed by atoms with Gasteiger partial charge in [0.1, 0.15) is 5.60 Å². The minimum absolute atomic E-state index is 0.0101. The summed E-state index contributed by atoms with van der Waals surface area (Å²) in [4.78, 5) is 21.8. The first-order valence-corrected chi connectivity index (χ1v) is 5.80. The lowest BCUT2D eigenvalue weighted by atomic mass is 9.75. The number of hydrogen-bond donors (Lipinski definition) is 2. The van der Waals surface area contributed by atoms with E-state index in [1.54, 1.807) is 32.9 Å². The Morgan fingerprint density at radius 2 is 2.17 bits per heavy atom. The molecule has 0 fully saturated rings. The zero-order valence-electron chi connectivity index (χ0n) is 10.8. The zero-order valence-corrected chi connectivity index (χ0v) is 10.8. The Hall–Kier alpha value is -1.68. The van der Waals surface area contributed by atoms with Gasteiger partial charge in [-0.25, -0.2) is 4.79 Å². The fraction of sp³-hybridized carbons (Fsp3) is 0.429. The molecule has 2 atom stereocenters. The average molecular weight is 250 g/mol. The smallest absolute Gasteiger partial charge is 0.328 e. The van der Waals surface area contributed by atoms with Crippen LogP contribution in [0.1, 0.15) is 27.2 Å². The van der Waals surface area contributed by atoms with Crippen molar-refractivity contribution < 1.29 is 19.8 Å². The van der Waals surface area contributed by atoms with E-state index < -0.39 is 11.6 Å². The lowest BCUT2D eigenvalue weighted by Gasteiger charge is -2.35. The molecule has 98 valence electrons.